The Kier molecular flexibility index (Phi) is 2.36. The number of hydrogen-bond acceptors (Lipinski definition) is 5. The van der Waals surface area contributed by atoms with Crippen LogP contribution in [0.3, 0.4) is 0 Å². The smallest absolute Gasteiger partial charge is 0.106 e. The molecule has 0 amide bonds. The summed E-state index contributed by atoms with van der Waals surface area (Å²) in [5.41, 5.74) is -2.33. The Morgan fingerprint density at radius 1 is 1.50 bits per heavy atom. The van der Waals surface area contributed by atoms with Gasteiger partial charge in [-0.1, -0.05) is 0 Å². The normalized spacial score (nSPS) is 15.8. The van der Waals surface area contributed by atoms with E-state index in [-0.39, 0.29) is 0 Å². The fourth-order valence-electron chi connectivity index (χ4n) is 0.353. The van der Waals surface area contributed by atoms with Crippen molar-refractivity contribution < 1.29 is 24.9 Å². The van der Waals surface area contributed by atoms with E-state index in [1.807, 2.05) is 0 Å². The second-order valence-electron chi connectivity index (χ2n) is 2.11. The Bertz CT molecular complexity index is 159. The van der Waals surface area contributed by atoms with Crippen LogP contribution in [-0.4, -0.2) is 22.6 Å². The van der Waals surface area contributed by atoms with Gasteiger partial charge in [-0.3, -0.25) is 0 Å². The molecule has 0 rings (SSSR count). The Morgan fingerprint density at radius 2 is 1.90 bits per heavy atom. The molecule has 0 unspecified atom stereocenters. The van der Waals surface area contributed by atoms with E-state index in [4.69, 9.17) is 5.11 Å². The van der Waals surface area contributed by atoms with Gasteiger partial charge >= 0.3 is 0 Å². The highest BCUT2D eigenvalue weighted by Crippen LogP contribution is 2.05. The van der Waals surface area contributed by atoms with Crippen LogP contribution in [0.25, 0.3) is 0 Å². The van der Waals surface area contributed by atoms with Crippen molar-refractivity contribution in [3.63, 3.8) is 0 Å². The Morgan fingerprint density at radius 3 is 2.00 bits per heavy atom. The van der Waals surface area contributed by atoms with Gasteiger partial charge in [0.25, 0.3) is 0 Å². The van der Waals surface area contributed by atoms with Crippen molar-refractivity contribution in [2.75, 3.05) is 0 Å². The molecular formula is C5H6O5-2. The summed E-state index contributed by atoms with van der Waals surface area (Å²) in [4.78, 5) is 19.7. The average Bonchev–Trinajstić information content (AvgIpc) is 1.60. The van der Waals surface area contributed by atoms with E-state index in [9.17, 15) is 19.8 Å². The Hall–Kier alpha value is -1.10. The molecule has 5 heteroatoms. The lowest BCUT2D eigenvalue weighted by atomic mass is 10.0. The Labute approximate surface area is 56.9 Å². The molecule has 0 aliphatic rings. The molecule has 1 N–H and O–H groups in total. The number of rotatable bonds is 3. The van der Waals surface area contributed by atoms with Crippen molar-refractivity contribution >= 4 is 11.9 Å². The molecular weight excluding hydrogens is 140 g/mol. The van der Waals surface area contributed by atoms with Gasteiger partial charge in [-0.25, -0.2) is 0 Å². The van der Waals surface area contributed by atoms with Crippen molar-refractivity contribution in [3.8, 4) is 0 Å². The highest BCUT2D eigenvalue weighted by atomic mass is 16.4. The van der Waals surface area contributed by atoms with Gasteiger partial charge in [0.2, 0.25) is 0 Å². The molecule has 0 heterocycles. The molecule has 0 radical (unpaired) electrons. The second kappa shape index (κ2) is 2.66. The van der Waals surface area contributed by atoms with Gasteiger partial charge in [0.1, 0.15) is 5.60 Å². The van der Waals surface area contributed by atoms with Gasteiger partial charge < -0.3 is 24.9 Å². The van der Waals surface area contributed by atoms with Crippen LogP contribution < -0.4 is 10.2 Å². The molecule has 5 nitrogen and oxygen atoms in total. The first-order chi connectivity index (χ1) is 4.36. The van der Waals surface area contributed by atoms with Crippen molar-refractivity contribution in [2.24, 2.45) is 0 Å². The number of carboxylic acids is 2. The monoisotopic (exact) mass is 146 g/mol. The van der Waals surface area contributed by atoms with Crippen molar-refractivity contribution in [2.45, 2.75) is 18.9 Å². The van der Waals surface area contributed by atoms with Gasteiger partial charge in [-0.2, -0.15) is 0 Å². The predicted octanol–water partition coefficient (Wildman–Crippen LogP) is -3.37. The zero-order valence-electron chi connectivity index (χ0n) is 5.29. The summed E-state index contributed by atoms with van der Waals surface area (Å²) in [6, 6.07) is 0. The first-order valence-electron chi connectivity index (χ1n) is 2.50. The maximum absolute atomic E-state index is 9.90. The van der Waals surface area contributed by atoms with E-state index in [0.29, 0.717) is 0 Å². The van der Waals surface area contributed by atoms with Crippen LogP contribution >= 0.6 is 0 Å². The van der Waals surface area contributed by atoms with Gasteiger partial charge in [0, 0.05) is 12.4 Å². The number of hydrogen-bond donors (Lipinski definition) is 1. The molecule has 0 aromatic rings. The maximum Gasteiger partial charge on any atom is 0.106 e. The second-order valence-corrected chi connectivity index (χ2v) is 2.11. The van der Waals surface area contributed by atoms with Crippen LogP contribution in [0.5, 0.6) is 0 Å². The number of aliphatic carboxylic acids is 2. The van der Waals surface area contributed by atoms with Crippen molar-refractivity contribution in [3.05, 3.63) is 0 Å². The van der Waals surface area contributed by atoms with E-state index in [2.05, 4.69) is 0 Å². The molecule has 1 atom stereocenters. The van der Waals surface area contributed by atoms with Crippen LogP contribution in [-0.2, 0) is 9.59 Å². The summed E-state index contributed by atoms with van der Waals surface area (Å²) < 4.78 is 0. The standard InChI is InChI=1S/C5H8O5/c1-5(10,4(8)9)2-3(6)7/h10H,2H2,1H3,(H,6,7)(H,8,9)/p-2/t5-/m0/s1. The third-order valence-corrected chi connectivity index (χ3v) is 0.928. The average molecular weight is 146 g/mol. The first kappa shape index (κ1) is 8.90. The topological polar surface area (TPSA) is 100 Å². The van der Waals surface area contributed by atoms with Crippen LogP contribution in [0.2, 0.25) is 0 Å². The predicted molar refractivity (Wildman–Crippen MR) is 25.3 cm³/mol. The summed E-state index contributed by atoms with van der Waals surface area (Å²) >= 11 is 0. The summed E-state index contributed by atoms with van der Waals surface area (Å²) in [7, 11) is 0. The van der Waals surface area contributed by atoms with Gasteiger partial charge in [0.15, 0.2) is 0 Å². The minimum atomic E-state index is -2.33. The van der Waals surface area contributed by atoms with Crippen LogP contribution in [0.4, 0.5) is 0 Å². The zero-order chi connectivity index (χ0) is 8.36. The van der Waals surface area contributed by atoms with Gasteiger partial charge in [0.05, 0.1) is 5.97 Å². The number of carbonyl (C=O) groups is 2. The molecule has 0 saturated carbocycles. The molecule has 0 aliphatic carbocycles. The minimum Gasteiger partial charge on any atom is -0.550 e. The van der Waals surface area contributed by atoms with E-state index >= 15 is 0 Å². The van der Waals surface area contributed by atoms with E-state index in [1.165, 1.54) is 0 Å². The lowest BCUT2D eigenvalue weighted by Gasteiger charge is -2.24. The highest BCUT2D eigenvalue weighted by Gasteiger charge is 2.21. The largest absolute Gasteiger partial charge is 0.550 e. The number of carbonyl (C=O) groups excluding carboxylic acids is 2. The van der Waals surface area contributed by atoms with Gasteiger partial charge in [-0.15, -0.1) is 0 Å². The first-order valence-corrected chi connectivity index (χ1v) is 2.50. The molecule has 0 aromatic heterocycles. The summed E-state index contributed by atoms with van der Waals surface area (Å²) in [6.45, 7) is 0.831. The lowest BCUT2D eigenvalue weighted by molar-refractivity contribution is -0.332. The minimum absolute atomic E-state index is 0.831. The fraction of sp³-hybridized carbons (Fsp3) is 0.600. The molecule has 0 aromatic carbocycles. The lowest BCUT2D eigenvalue weighted by Crippen LogP contribution is -2.49. The third-order valence-electron chi connectivity index (χ3n) is 0.928. The fourth-order valence-corrected chi connectivity index (χ4v) is 0.353. The molecule has 10 heavy (non-hydrogen) atoms. The van der Waals surface area contributed by atoms with E-state index in [1.54, 1.807) is 0 Å². The molecule has 0 fully saturated rings. The SMILES string of the molecule is C[C@](O)(CC(=O)[O-])C(=O)[O-]. The van der Waals surface area contributed by atoms with Crippen molar-refractivity contribution in [1.29, 1.82) is 0 Å². The highest BCUT2D eigenvalue weighted by molar-refractivity contribution is 5.80. The van der Waals surface area contributed by atoms with Crippen molar-refractivity contribution in [1.82, 2.24) is 0 Å². The molecule has 0 saturated heterocycles. The van der Waals surface area contributed by atoms with Crippen LogP contribution in [0.1, 0.15) is 13.3 Å². The molecule has 0 bridgehead atoms. The zero-order valence-corrected chi connectivity index (χ0v) is 5.29. The van der Waals surface area contributed by atoms with E-state index in [0.717, 1.165) is 6.92 Å². The molecule has 58 valence electrons. The quantitative estimate of drug-likeness (QED) is 0.447. The molecule has 0 aliphatic heterocycles. The van der Waals surface area contributed by atoms with Crippen LogP contribution in [0.15, 0.2) is 0 Å². The van der Waals surface area contributed by atoms with Crippen LogP contribution in [0, 0.1) is 0 Å². The van der Waals surface area contributed by atoms with Gasteiger partial charge in [-0.05, 0) is 6.92 Å². The maximum atomic E-state index is 9.90. The molecule has 0 spiro atoms. The number of aliphatic hydroxyl groups is 1. The Balaban J connectivity index is 4.13. The third kappa shape index (κ3) is 2.45. The summed E-state index contributed by atoms with van der Waals surface area (Å²) in [5.74, 6) is -3.45. The van der Waals surface area contributed by atoms with E-state index < -0.39 is 24.0 Å². The number of carboxylic acid groups (broad SMARTS) is 2. The summed E-state index contributed by atoms with van der Waals surface area (Å²) in [6.07, 6.45) is -0.963. The summed E-state index contributed by atoms with van der Waals surface area (Å²) in [5, 5.41) is 28.3.